The van der Waals surface area contributed by atoms with E-state index in [4.69, 9.17) is 15.2 Å². The van der Waals surface area contributed by atoms with E-state index < -0.39 is 0 Å². The van der Waals surface area contributed by atoms with Crippen molar-refractivity contribution in [1.82, 2.24) is 5.32 Å². The number of benzene rings is 1. The number of hydrogen-bond donors (Lipinski definition) is 2. The average molecular weight is 294 g/mol. The number of nitrogens with one attached hydrogen (secondary N) is 1. The van der Waals surface area contributed by atoms with Crippen molar-refractivity contribution in [3.8, 4) is 5.75 Å². The van der Waals surface area contributed by atoms with E-state index in [9.17, 15) is 4.79 Å². The summed E-state index contributed by atoms with van der Waals surface area (Å²) in [5.74, 6) is 0.641. The van der Waals surface area contributed by atoms with Crippen LogP contribution in [0.1, 0.15) is 37.6 Å². The molecule has 0 aliphatic heterocycles. The fraction of sp³-hybridized carbons (Fsp3) is 0.562. The molecule has 0 saturated carbocycles. The van der Waals surface area contributed by atoms with Crippen LogP contribution in [0.4, 0.5) is 5.69 Å². The zero-order chi connectivity index (χ0) is 15.7. The minimum Gasteiger partial charge on any atom is -0.492 e. The number of rotatable bonds is 10. The van der Waals surface area contributed by atoms with Crippen LogP contribution >= 0.6 is 0 Å². The number of carbonyl (C=O) groups excluding carboxylic acids is 1. The van der Waals surface area contributed by atoms with Gasteiger partial charge in [0.1, 0.15) is 5.75 Å². The predicted octanol–water partition coefficient (Wildman–Crippen LogP) is 2.25. The minimum absolute atomic E-state index is 0.0227. The quantitative estimate of drug-likeness (QED) is 0.393. The summed E-state index contributed by atoms with van der Waals surface area (Å²) >= 11 is 0. The van der Waals surface area contributed by atoms with Gasteiger partial charge in [-0.3, -0.25) is 4.79 Å². The van der Waals surface area contributed by atoms with Gasteiger partial charge >= 0.3 is 0 Å². The first kappa shape index (κ1) is 17.5. The standard InChI is InChI=1S/C16H26N2O3/c1-4-20-16-7-6-13(10-14(16)17)15(19)11-18-8-5-9-21-12(2)3/h6-7,10,12,18H,4-5,8-9,11,17H2,1-3H3. The highest BCUT2D eigenvalue weighted by atomic mass is 16.5. The molecular weight excluding hydrogens is 268 g/mol. The van der Waals surface area contributed by atoms with Gasteiger partial charge in [-0.25, -0.2) is 0 Å². The second-order valence-electron chi connectivity index (χ2n) is 5.06. The molecule has 0 radical (unpaired) electrons. The molecule has 0 saturated heterocycles. The number of anilines is 1. The van der Waals surface area contributed by atoms with E-state index >= 15 is 0 Å². The number of nitrogen functional groups attached to an aromatic ring is 1. The van der Waals surface area contributed by atoms with Crippen LogP contribution in [0.5, 0.6) is 5.75 Å². The Labute approximate surface area is 126 Å². The Balaban J connectivity index is 2.33. The van der Waals surface area contributed by atoms with E-state index in [1.54, 1.807) is 18.2 Å². The van der Waals surface area contributed by atoms with Crippen molar-refractivity contribution >= 4 is 11.5 Å². The molecule has 21 heavy (non-hydrogen) atoms. The van der Waals surface area contributed by atoms with Gasteiger partial charge in [0.15, 0.2) is 5.78 Å². The molecule has 5 heteroatoms. The van der Waals surface area contributed by atoms with E-state index in [1.165, 1.54) is 0 Å². The molecule has 118 valence electrons. The Morgan fingerprint density at radius 1 is 1.38 bits per heavy atom. The van der Waals surface area contributed by atoms with Gasteiger partial charge in [0.05, 0.1) is 24.9 Å². The van der Waals surface area contributed by atoms with Gasteiger partial charge in [-0.2, -0.15) is 0 Å². The molecule has 1 rings (SSSR count). The SMILES string of the molecule is CCOc1ccc(C(=O)CNCCCOC(C)C)cc1N. The monoisotopic (exact) mass is 294 g/mol. The third-order valence-electron chi connectivity index (χ3n) is 2.87. The Bertz CT molecular complexity index is 447. The van der Waals surface area contributed by atoms with Gasteiger partial charge in [-0.05, 0) is 51.9 Å². The third-order valence-corrected chi connectivity index (χ3v) is 2.87. The molecule has 0 aliphatic rings. The van der Waals surface area contributed by atoms with Gasteiger partial charge < -0.3 is 20.5 Å². The van der Waals surface area contributed by atoms with Crippen LogP contribution in [0.15, 0.2) is 18.2 Å². The van der Waals surface area contributed by atoms with Crippen LogP contribution < -0.4 is 15.8 Å². The summed E-state index contributed by atoms with van der Waals surface area (Å²) < 4.78 is 10.8. The van der Waals surface area contributed by atoms with E-state index in [1.807, 2.05) is 20.8 Å². The minimum atomic E-state index is 0.0227. The first-order chi connectivity index (χ1) is 10.0. The van der Waals surface area contributed by atoms with Gasteiger partial charge in [0.2, 0.25) is 0 Å². The Morgan fingerprint density at radius 3 is 2.76 bits per heavy atom. The highest BCUT2D eigenvalue weighted by molar-refractivity contribution is 5.98. The second kappa shape index (κ2) is 9.37. The molecule has 5 nitrogen and oxygen atoms in total. The lowest BCUT2D eigenvalue weighted by Gasteiger charge is -2.09. The molecular formula is C16H26N2O3. The van der Waals surface area contributed by atoms with Crippen molar-refractivity contribution in [3.63, 3.8) is 0 Å². The van der Waals surface area contributed by atoms with Gasteiger partial charge in [0, 0.05) is 12.2 Å². The Morgan fingerprint density at radius 2 is 2.14 bits per heavy atom. The summed E-state index contributed by atoms with van der Waals surface area (Å²) in [6, 6.07) is 5.15. The van der Waals surface area contributed by atoms with E-state index in [-0.39, 0.29) is 11.9 Å². The van der Waals surface area contributed by atoms with Crippen molar-refractivity contribution in [2.45, 2.75) is 33.3 Å². The summed E-state index contributed by atoms with van der Waals surface area (Å²) in [6.45, 7) is 8.22. The average Bonchev–Trinajstić information content (AvgIpc) is 2.44. The largest absolute Gasteiger partial charge is 0.492 e. The maximum absolute atomic E-state index is 12.0. The first-order valence-electron chi connectivity index (χ1n) is 7.42. The first-order valence-corrected chi connectivity index (χ1v) is 7.42. The molecule has 3 N–H and O–H groups in total. The predicted molar refractivity (Wildman–Crippen MR) is 84.9 cm³/mol. The summed E-state index contributed by atoms with van der Waals surface area (Å²) in [6.07, 6.45) is 1.13. The maximum atomic E-state index is 12.0. The van der Waals surface area contributed by atoms with Gasteiger partial charge in [0.25, 0.3) is 0 Å². The molecule has 0 amide bonds. The fourth-order valence-corrected chi connectivity index (χ4v) is 1.83. The topological polar surface area (TPSA) is 73.6 Å². The lowest BCUT2D eigenvalue weighted by molar-refractivity contribution is 0.0767. The van der Waals surface area contributed by atoms with Crippen LogP contribution in [-0.4, -0.2) is 38.2 Å². The lowest BCUT2D eigenvalue weighted by atomic mass is 10.1. The smallest absolute Gasteiger partial charge is 0.176 e. The zero-order valence-electron chi connectivity index (χ0n) is 13.1. The molecule has 0 spiro atoms. The number of Topliss-reactive ketones (excluding diaryl/α,β-unsaturated/α-hetero) is 1. The Kier molecular flexibility index (Phi) is 7.79. The molecule has 0 heterocycles. The number of ketones is 1. The molecule has 1 aromatic rings. The zero-order valence-corrected chi connectivity index (χ0v) is 13.1. The van der Waals surface area contributed by atoms with Crippen LogP contribution in [0.2, 0.25) is 0 Å². The molecule has 0 unspecified atom stereocenters. The van der Waals surface area contributed by atoms with Crippen molar-refractivity contribution in [1.29, 1.82) is 0 Å². The van der Waals surface area contributed by atoms with Crippen LogP contribution in [0.25, 0.3) is 0 Å². The van der Waals surface area contributed by atoms with Crippen LogP contribution in [0.3, 0.4) is 0 Å². The summed E-state index contributed by atoms with van der Waals surface area (Å²) in [4.78, 5) is 12.0. The molecule has 0 aromatic heterocycles. The summed E-state index contributed by atoms with van der Waals surface area (Å²) in [5.41, 5.74) is 6.95. The van der Waals surface area contributed by atoms with E-state index in [0.717, 1.165) is 13.0 Å². The van der Waals surface area contributed by atoms with Crippen molar-refractivity contribution in [3.05, 3.63) is 23.8 Å². The molecule has 0 bridgehead atoms. The molecule has 0 fully saturated rings. The van der Waals surface area contributed by atoms with Crippen LogP contribution in [-0.2, 0) is 4.74 Å². The van der Waals surface area contributed by atoms with Crippen molar-refractivity contribution < 1.29 is 14.3 Å². The normalized spacial score (nSPS) is 10.9. The van der Waals surface area contributed by atoms with Crippen molar-refractivity contribution in [2.24, 2.45) is 0 Å². The lowest BCUT2D eigenvalue weighted by Crippen LogP contribution is -2.25. The Hall–Kier alpha value is -1.59. The van der Waals surface area contributed by atoms with Crippen molar-refractivity contribution in [2.75, 3.05) is 32.0 Å². The number of nitrogens with two attached hydrogens (primary N) is 1. The van der Waals surface area contributed by atoms with E-state index in [0.29, 0.717) is 36.8 Å². The van der Waals surface area contributed by atoms with Crippen LogP contribution in [0, 0.1) is 0 Å². The van der Waals surface area contributed by atoms with E-state index in [2.05, 4.69) is 5.32 Å². The third kappa shape index (κ3) is 6.60. The van der Waals surface area contributed by atoms with Gasteiger partial charge in [-0.1, -0.05) is 0 Å². The maximum Gasteiger partial charge on any atom is 0.176 e. The highest BCUT2D eigenvalue weighted by Gasteiger charge is 2.08. The molecule has 0 atom stereocenters. The highest BCUT2D eigenvalue weighted by Crippen LogP contribution is 2.22. The molecule has 1 aromatic carbocycles. The number of ether oxygens (including phenoxy) is 2. The second-order valence-corrected chi connectivity index (χ2v) is 5.06. The van der Waals surface area contributed by atoms with Gasteiger partial charge in [-0.15, -0.1) is 0 Å². The number of carbonyl (C=O) groups is 1. The number of hydrogen-bond acceptors (Lipinski definition) is 5. The fourth-order valence-electron chi connectivity index (χ4n) is 1.83. The molecule has 0 aliphatic carbocycles. The summed E-state index contributed by atoms with van der Waals surface area (Å²) in [5, 5.41) is 3.12. The summed E-state index contributed by atoms with van der Waals surface area (Å²) in [7, 11) is 0.